The average molecular weight is 246 g/mol. The topological polar surface area (TPSA) is 26.3 Å². The highest BCUT2D eigenvalue weighted by Gasteiger charge is 2.12. The fourth-order valence-corrected chi connectivity index (χ4v) is 2.34. The first-order chi connectivity index (χ1) is 8.18. The summed E-state index contributed by atoms with van der Waals surface area (Å²) in [6.45, 7) is 3.54. The molecule has 2 aromatic rings. The summed E-state index contributed by atoms with van der Waals surface area (Å²) < 4.78 is 5.84. The molecule has 1 atom stereocenters. The Kier molecular flexibility index (Phi) is 3.59. The number of benzene rings is 1. The molecule has 0 fully saturated rings. The fourth-order valence-electron chi connectivity index (χ4n) is 1.63. The predicted molar refractivity (Wildman–Crippen MR) is 69.8 cm³/mol. The van der Waals surface area contributed by atoms with E-state index in [-0.39, 0.29) is 11.9 Å². The maximum Gasteiger partial charge on any atom is 0.163 e. The molecule has 1 aromatic heterocycles. The first kappa shape index (κ1) is 11.9. The largest absolute Gasteiger partial charge is 0.484 e. The lowest BCUT2D eigenvalue weighted by molar-refractivity contribution is 0.101. The molecular formula is C14H14O2S. The Morgan fingerprint density at radius 3 is 2.65 bits per heavy atom. The van der Waals surface area contributed by atoms with Gasteiger partial charge in [0, 0.05) is 4.88 Å². The van der Waals surface area contributed by atoms with Crippen molar-refractivity contribution in [1.29, 1.82) is 0 Å². The standard InChI is InChI=1S/C14H14O2S/c1-10(15)12-6-3-4-7-13(12)16-11(2)14-8-5-9-17-14/h3-9,11H,1-2H3. The molecule has 2 rings (SSSR count). The van der Waals surface area contributed by atoms with E-state index in [0.717, 1.165) is 4.88 Å². The number of rotatable bonds is 4. The number of hydrogen-bond acceptors (Lipinski definition) is 3. The van der Waals surface area contributed by atoms with Crippen LogP contribution in [0.15, 0.2) is 41.8 Å². The zero-order valence-corrected chi connectivity index (χ0v) is 10.7. The van der Waals surface area contributed by atoms with Crippen molar-refractivity contribution in [3.8, 4) is 5.75 Å². The third-order valence-electron chi connectivity index (χ3n) is 2.51. The summed E-state index contributed by atoms with van der Waals surface area (Å²) in [5.74, 6) is 0.680. The van der Waals surface area contributed by atoms with Crippen molar-refractivity contribution < 1.29 is 9.53 Å². The van der Waals surface area contributed by atoms with Crippen LogP contribution in [0.25, 0.3) is 0 Å². The van der Waals surface area contributed by atoms with E-state index in [1.165, 1.54) is 0 Å². The summed E-state index contributed by atoms with van der Waals surface area (Å²) in [6.07, 6.45) is -0.0319. The minimum absolute atomic E-state index is 0.0268. The van der Waals surface area contributed by atoms with Gasteiger partial charge >= 0.3 is 0 Å². The Hall–Kier alpha value is -1.61. The Morgan fingerprint density at radius 1 is 1.24 bits per heavy atom. The maximum absolute atomic E-state index is 11.5. The van der Waals surface area contributed by atoms with E-state index in [9.17, 15) is 4.79 Å². The van der Waals surface area contributed by atoms with Gasteiger partial charge in [-0.2, -0.15) is 0 Å². The highest BCUT2D eigenvalue weighted by atomic mass is 32.1. The number of para-hydroxylation sites is 1. The van der Waals surface area contributed by atoms with E-state index in [0.29, 0.717) is 11.3 Å². The monoisotopic (exact) mass is 246 g/mol. The first-order valence-electron chi connectivity index (χ1n) is 5.48. The van der Waals surface area contributed by atoms with Gasteiger partial charge in [-0.25, -0.2) is 0 Å². The second-order valence-electron chi connectivity index (χ2n) is 3.83. The third kappa shape index (κ3) is 2.74. The molecule has 1 heterocycles. The molecule has 0 saturated carbocycles. The van der Waals surface area contributed by atoms with E-state index in [2.05, 4.69) is 0 Å². The number of Topliss-reactive ketones (excluding diaryl/α,β-unsaturated/α-hetero) is 1. The molecule has 17 heavy (non-hydrogen) atoms. The molecule has 88 valence electrons. The maximum atomic E-state index is 11.5. The van der Waals surface area contributed by atoms with Gasteiger partial charge in [0.1, 0.15) is 11.9 Å². The number of carbonyl (C=O) groups is 1. The van der Waals surface area contributed by atoms with Crippen LogP contribution in [0.5, 0.6) is 5.75 Å². The number of ketones is 1. The summed E-state index contributed by atoms with van der Waals surface area (Å²) >= 11 is 1.65. The van der Waals surface area contributed by atoms with E-state index in [1.807, 2.05) is 42.6 Å². The first-order valence-corrected chi connectivity index (χ1v) is 6.36. The van der Waals surface area contributed by atoms with Crippen LogP contribution in [-0.4, -0.2) is 5.78 Å². The van der Waals surface area contributed by atoms with Crippen LogP contribution in [0.3, 0.4) is 0 Å². The van der Waals surface area contributed by atoms with E-state index in [4.69, 9.17) is 4.74 Å². The predicted octanol–water partition coefficient (Wildman–Crippen LogP) is 4.09. The highest BCUT2D eigenvalue weighted by molar-refractivity contribution is 7.10. The molecule has 0 aliphatic carbocycles. The summed E-state index contributed by atoms with van der Waals surface area (Å²) in [6, 6.07) is 11.4. The van der Waals surface area contributed by atoms with Crippen LogP contribution in [0.4, 0.5) is 0 Å². The average Bonchev–Trinajstić information content (AvgIpc) is 2.83. The molecule has 3 heteroatoms. The summed E-state index contributed by atoms with van der Waals surface area (Å²) in [4.78, 5) is 12.6. The number of thiophene rings is 1. The van der Waals surface area contributed by atoms with Crippen molar-refractivity contribution >= 4 is 17.1 Å². The fraction of sp³-hybridized carbons (Fsp3) is 0.214. The van der Waals surface area contributed by atoms with Gasteiger partial charge in [0.05, 0.1) is 5.56 Å². The Bertz CT molecular complexity index is 503. The van der Waals surface area contributed by atoms with Gasteiger partial charge in [0.25, 0.3) is 0 Å². The molecule has 0 N–H and O–H groups in total. The van der Waals surface area contributed by atoms with Crippen LogP contribution >= 0.6 is 11.3 Å². The SMILES string of the molecule is CC(=O)c1ccccc1OC(C)c1cccs1. The van der Waals surface area contributed by atoms with Crippen molar-refractivity contribution in [3.63, 3.8) is 0 Å². The zero-order valence-electron chi connectivity index (χ0n) is 9.84. The molecule has 0 radical (unpaired) electrons. The van der Waals surface area contributed by atoms with Gasteiger partial charge in [0.2, 0.25) is 0 Å². The summed E-state index contributed by atoms with van der Waals surface area (Å²) in [7, 11) is 0. The molecule has 0 aliphatic heterocycles. The number of hydrogen-bond donors (Lipinski definition) is 0. The second kappa shape index (κ2) is 5.15. The number of ether oxygens (including phenoxy) is 1. The number of carbonyl (C=O) groups excluding carboxylic acids is 1. The van der Waals surface area contributed by atoms with Crippen LogP contribution in [0.1, 0.15) is 35.2 Å². The quantitative estimate of drug-likeness (QED) is 0.759. The lowest BCUT2D eigenvalue weighted by atomic mass is 10.1. The third-order valence-corrected chi connectivity index (χ3v) is 3.55. The van der Waals surface area contributed by atoms with Gasteiger partial charge in [-0.15, -0.1) is 11.3 Å². The van der Waals surface area contributed by atoms with E-state index in [1.54, 1.807) is 24.3 Å². The summed E-state index contributed by atoms with van der Waals surface area (Å²) in [5.41, 5.74) is 0.635. The van der Waals surface area contributed by atoms with Crippen molar-refractivity contribution in [2.75, 3.05) is 0 Å². The lowest BCUT2D eigenvalue weighted by Crippen LogP contribution is -2.05. The molecule has 2 nitrogen and oxygen atoms in total. The zero-order chi connectivity index (χ0) is 12.3. The molecule has 0 amide bonds. The van der Waals surface area contributed by atoms with Crippen molar-refractivity contribution in [2.45, 2.75) is 20.0 Å². The van der Waals surface area contributed by atoms with Gasteiger partial charge < -0.3 is 4.74 Å². The Labute approximate surface area is 105 Å². The molecule has 0 bridgehead atoms. The minimum Gasteiger partial charge on any atom is -0.484 e. The summed E-state index contributed by atoms with van der Waals surface area (Å²) in [5, 5.41) is 2.02. The normalized spacial score (nSPS) is 12.1. The highest BCUT2D eigenvalue weighted by Crippen LogP contribution is 2.27. The molecule has 1 aromatic carbocycles. The lowest BCUT2D eigenvalue weighted by Gasteiger charge is -2.15. The van der Waals surface area contributed by atoms with E-state index < -0.39 is 0 Å². The Morgan fingerprint density at radius 2 is 2.00 bits per heavy atom. The molecule has 0 aliphatic rings. The van der Waals surface area contributed by atoms with E-state index >= 15 is 0 Å². The molecular weight excluding hydrogens is 232 g/mol. The molecule has 1 unspecified atom stereocenters. The molecule has 0 spiro atoms. The molecule has 0 saturated heterocycles. The van der Waals surface area contributed by atoms with Crippen LogP contribution in [-0.2, 0) is 0 Å². The van der Waals surface area contributed by atoms with Gasteiger partial charge in [-0.05, 0) is 37.4 Å². The van der Waals surface area contributed by atoms with Crippen molar-refractivity contribution in [3.05, 3.63) is 52.2 Å². The van der Waals surface area contributed by atoms with Crippen LogP contribution in [0, 0.1) is 0 Å². The smallest absolute Gasteiger partial charge is 0.163 e. The Balaban J connectivity index is 2.21. The van der Waals surface area contributed by atoms with Crippen molar-refractivity contribution in [1.82, 2.24) is 0 Å². The van der Waals surface area contributed by atoms with Gasteiger partial charge in [0.15, 0.2) is 5.78 Å². The minimum atomic E-state index is -0.0319. The van der Waals surface area contributed by atoms with Crippen molar-refractivity contribution in [2.24, 2.45) is 0 Å². The van der Waals surface area contributed by atoms with Gasteiger partial charge in [-0.1, -0.05) is 18.2 Å². The van der Waals surface area contributed by atoms with Gasteiger partial charge in [-0.3, -0.25) is 4.79 Å². The van der Waals surface area contributed by atoms with Crippen LogP contribution < -0.4 is 4.74 Å². The van der Waals surface area contributed by atoms with Crippen LogP contribution in [0.2, 0.25) is 0 Å². The second-order valence-corrected chi connectivity index (χ2v) is 4.81.